The van der Waals surface area contributed by atoms with Crippen molar-refractivity contribution in [3.8, 4) is 0 Å². The quantitative estimate of drug-likeness (QED) is 0.862. The first-order valence-corrected chi connectivity index (χ1v) is 5.22. The van der Waals surface area contributed by atoms with Crippen molar-refractivity contribution in [1.82, 2.24) is 4.57 Å². The van der Waals surface area contributed by atoms with E-state index in [0.29, 0.717) is 0 Å². The van der Waals surface area contributed by atoms with Gasteiger partial charge in [-0.1, -0.05) is 18.2 Å². The second kappa shape index (κ2) is 4.69. The van der Waals surface area contributed by atoms with Crippen molar-refractivity contribution in [2.24, 2.45) is 7.05 Å². The Morgan fingerprint density at radius 1 is 1.29 bits per heavy atom. The summed E-state index contributed by atoms with van der Waals surface area (Å²) in [6.07, 6.45) is 1.90. The number of nitrogens with zero attached hydrogens (tertiary/aromatic N) is 1. The number of aliphatic carboxylic acids is 1. The average molecular weight is 325 g/mol. The van der Waals surface area contributed by atoms with E-state index in [-0.39, 0.29) is 22.4 Å². The molecular weight excluding hydrogens is 310 g/mol. The molecule has 0 aliphatic heterocycles. The summed E-state index contributed by atoms with van der Waals surface area (Å²) in [5.74, 6) is -0.802. The molecule has 1 aromatic carbocycles. The molecule has 0 unspecified atom stereocenters. The van der Waals surface area contributed by atoms with E-state index in [1.807, 2.05) is 42.1 Å². The molecule has 0 bridgehead atoms. The molecule has 1 N–H and O–H groups in total. The molecule has 0 aliphatic carbocycles. The molecular formula is C13H15AgNO2. The number of aryl methyl sites for hydroxylation is 1. The van der Waals surface area contributed by atoms with E-state index in [4.69, 9.17) is 0 Å². The van der Waals surface area contributed by atoms with Crippen molar-refractivity contribution >= 4 is 16.9 Å². The number of carbonyl (C=O) groups is 1. The van der Waals surface area contributed by atoms with E-state index in [9.17, 15) is 9.90 Å². The zero-order chi connectivity index (χ0) is 11.9. The standard InChI is InChI=1S/C13H15NO2.Ag/c1-13(2,12(15)16)10-8-14(3)11-7-5-4-6-9(10)11;/h4-8H,1-3H3,(H,15,16);. The molecule has 17 heavy (non-hydrogen) atoms. The zero-order valence-electron chi connectivity index (χ0n) is 9.99. The van der Waals surface area contributed by atoms with Crippen LogP contribution in [0.4, 0.5) is 0 Å². The maximum atomic E-state index is 11.3. The maximum absolute atomic E-state index is 11.3. The van der Waals surface area contributed by atoms with Crippen LogP contribution in [0.1, 0.15) is 19.4 Å². The van der Waals surface area contributed by atoms with E-state index in [2.05, 4.69) is 0 Å². The topological polar surface area (TPSA) is 42.2 Å². The largest absolute Gasteiger partial charge is 0.481 e. The number of carboxylic acid groups (broad SMARTS) is 1. The van der Waals surface area contributed by atoms with Crippen LogP contribution in [0.3, 0.4) is 0 Å². The molecule has 0 saturated heterocycles. The molecule has 1 heterocycles. The number of fused-ring (bicyclic) bond motifs is 1. The Morgan fingerprint density at radius 2 is 1.88 bits per heavy atom. The first-order valence-electron chi connectivity index (χ1n) is 5.22. The number of carboxylic acids is 1. The normalized spacial score (nSPS) is 11.2. The van der Waals surface area contributed by atoms with Crippen LogP contribution < -0.4 is 0 Å². The Morgan fingerprint density at radius 3 is 2.47 bits per heavy atom. The van der Waals surface area contributed by atoms with Gasteiger partial charge in [-0.05, 0) is 25.5 Å². The first kappa shape index (κ1) is 14.0. The molecule has 4 heteroatoms. The molecule has 95 valence electrons. The van der Waals surface area contributed by atoms with Gasteiger partial charge in [0.2, 0.25) is 0 Å². The number of para-hydroxylation sites is 1. The predicted molar refractivity (Wildman–Crippen MR) is 63.6 cm³/mol. The Labute approximate surface area is 116 Å². The number of hydrogen-bond acceptors (Lipinski definition) is 1. The van der Waals surface area contributed by atoms with Crippen LogP contribution in [0.5, 0.6) is 0 Å². The molecule has 0 amide bonds. The maximum Gasteiger partial charge on any atom is 0.313 e. The Hall–Kier alpha value is -1.03. The number of benzene rings is 1. The van der Waals surface area contributed by atoms with E-state index in [0.717, 1.165) is 16.5 Å². The molecule has 0 spiro atoms. The van der Waals surface area contributed by atoms with E-state index in [1.165, 1.54) is 0 Å². The minimum Gasteiger partial charge on any atom is -0.481 e. The van der Waals surface area contributed by atoms with Gasteiger partial charge in [0.05, 0.1) is 5.41 Å². The summed E-state index contributed by atoms with van der Waals surface area (Å²) in [7, 11) is 1.93. The van der Waals surface area contributed by atoms with E-state index in [1.54, 1.807) is 13.8 Å². The van der Waals surface area contributed by atoms with Gasteiger partial charge in [-0.25, -0.2) is 0 Å². The van der Waals surface area contributed by atoms with Crippen molar-refractivity contribution in [2.75, 3.05) is 0 Å². The van der Waals surface area contributed by atoms with Crippen LogP contribution in [0.2, 0.25) is 0 Å². The monoisotopic (exact) mass is 324 g/mol. The van der Waals surface area contributed by atoms with Crippen LogP contribution in [-0.4, -0.2) is 15.6 Å². The Balaban J connectivity index is 0.00000144. The van der Waals surface area contributed by atoms with Crippen molar-refractivity contribution in [3.63, 3.8) is 0 Å². The Bertz CT molecular complexity index is 558. The third-order valence-electron chi connectivity index (χ3n) is 3.10. The zero-order valence-corrected chi connectivity index (χ0v) is 11.5. The van der Waals surface area contributed by atoms with Crippen molar-refractivity contribution in [3.05, 3.63) is 36.0 Å². The summed E-state index contributed by atoms with van der Waals surface area (Å²) in [5, 5.41) is 10.3. The molecule has 0 aliphatic rings. The van der Waals surface area contributed by atoms with Crippen molar-refractivity contribution < 1.29 is 32.3 Å². The van der Waals surface area contributed by atoms with Gasteiger partial charge >= 0.3 is 5.97 Å². The fraction of sp³-hybridized carbons (Fsp3) is 0.308. The van der Waals surface area contributed by atoms with E-state index < -0.39 is 11.4 Å². The minimum absolute atomic E-state index is 0. The van der Waals surface area contributed by atoms with Crippen molar-refractivity contribution in [1.29, 1.82) is 0 Å². The molecule has 0 fully saturated rings. The first-order chi connectivity index (χ1) is 7.44. The molecule has 2 aromatic rings. The molecule has 3 nitrogen and oxygen atoms in total. The number of hydrogen-bond donors (Lipinski definition) is 1. The van der Waals surface area contributed by atoms with Gasteiger partial charge in [-0.2, -0.15) is 0 Å². The molecule has 0 saturated carbocycles. The van der Waals surface area contributed by atoms with Gasteiger partial charge in [0.15, 0.2) is 0 Å². The summed E-state index contributed by atoms with van der Waals surface area (Å²) in [4.78, 5) is 11.3. The van der Waals surface area contributed by atoms with Gasteiger partial charge in [0, 0.05) is 46.5 Å². The van der Waals surface area contributed by atoms with Crippen LogP contribution in [0.15, 0.2) is 30.5 Å². The summed E-state index contributed by atoms with van der Waals surface area (Å²) in [5.41, 5.74) is 1.06. The second-order valence-corrected chi connectivity index (χ2v) is 4.60. The van der Waals surface area contributed by atoms with Gasteiger partial charge in [0.1, 0.15) is 0 Å². The number of rotatable bonds is 2. The fourth-order valence-electron chi connectivity index (χ4n) is 1.95. The van der Waals surface area contributed by atoms with Crippen LogP contribution in [0.25, 0.3) is 10.9 Å². The SMILES string of the molecule is Cn1cc(C(C)(C)C(=O)O)c2ccccc21.[Ag]. The van der Waals surface area contributed by atoms with E-state index >= 15 is 0 Å². The van der Waals surface area contributed by atoms with Gasteiger partial charge < -0.3 is 9.67 Å². The van der Waals surface area contributed by atoms with Crippen LogP contribution >= 0.6 is 0 Å². The average Bonchev–Trinajstić information content (AvgIpc) is 2.57. The van der Waals surface area contributed by atoms with Crippen LogP contribution in [-0.2, 0) is 39.6 Å². The Kier molecular flexibility index (Phi) is 3.87. The summed E-state index contributed by atoms with van der Waals surface area (Å²) in [6, 6.07) is 7.86. The second-order valence-electron chi connectivity index (χ2n) is 4.60. The summed E-state index contributed by atoms with van der Waals surface area (Å²) < 4.78 is 1.97. The molecule has 1 aromatic heterocycles. The summed E-state index contributed by atoms with van der Waals surface area (Å²) in [6.45, 7) is 3.47. The third-order valence-corrected chi connectivity index (χ3v) is 3.10. The molecule has 2 rings (SSSR count). The predicted octanol–water partition coefficient (Wildman–Crippen LogP) is 2.54. The number of aromatic nitrogens is 1. The van der Waals surface area contributed by atoms with Crippen molar-refractivity contribution in [2.45, 2.75) is 19.3 Å². The fourth-order valence-corrected chi connectivity index (χ4v) is 1.95. The van der Waals surface area contributed by atoms with Gasteiger partial charge in [-0.15, -0.1) is 0 Å². The van der Waals surface area contributed by atoms with Crippen LogP contribution in [0, 0.1) is 0 Å². The van der Waals surface area contributed by atoms with Gasteiger partial charge in [-0.3, -0.25) is 4.79 Å². The third kappa shape index (κ3) is 2.18. The smallest absolute Gasteiger partial charge is 0.313 e. The summed E-state index contributed by atoms with van der Waals surface area (Å²) >= 11 is 0. The molecule has 0 atom stereocenters. The minimum atomic E-state index is -0.860. The van der Waals surface area contributed by atoms with Gasteiger partial charge in [0.25, 0.3) is 0 Å². The molecule has 1 radical (unpaired) electrons.